The van der Waals surface area contributed by atoms with Crippen LogP contribution in [0.2, 0.25) is 5.02 Å². The fourth-order valence-electron chi connectivity index (χ4n) is 2.25. The average molecular weight is 373 g/mol. The van der Waals surface area contributed by atoms with Crippen LogP contribution in [0, 0.1) is 11.3 Å². The molecule has 0 bridgehead atoms. The number of benzene rings is 2. The van der Waals surface area contributed by atoms with Gasteiger partial charge in [0, 0.05) is 5.69 Å². The van der Waals surface area contributed by atoms with Crippen molar-refractivity contribution in [1.29, 1.82) is 5.26 Å². The van der Waals surface area contributed by atoms with E-state index in [4.69, 9.17) is 31.1 Å². The molecule has 0 fully saturated rings. The summed E-state index contributed by atoms with van der Waals surface area (Å²) in [7, 11) is 0. The van der Waals surface area contributed by atoms with Crippen molar-refractivity contribution in [3.8, 4) is 17.6 Å². The first-order valence-electron chi connectivity index (χ1n) is 7.61. The third-order valence-electron chi connectivity index (χ3n) is 3.49. The molecule has 7 nitrogen and oxygen atoms in total. The molecule has 1 amide bonds. The van der Waals surface area contributed by atoms with Crippen LogP contribution >= 0.6 is 11.6 Å². The van der Waals surface area contributed by atoms with Crippen LogP contribution in [0.5, 0.6) is 11.5 Å². The van der Waals surface area contributed by atoms with E-state index < -0.39 is 24.6 Å². The van der Waals surface area contributed by atoms with Crippen LogP contribution in [-0.4, -0.2) is 31.2 Å². The van der Waals surface area contributed by atoms with Crippen molar-refractivity contribution in [2.24, 2.45) is 0 Å². The van der Waals surface area contributed by atoms with E-state index in [1.54, 1.807) is 24.3 Å². The van der Waals surface area contributed by atoms with Crippen LogP contribution in [0.3, 0.4) is 0 Å². The molecule has 2 aromatic rings. The number of para-hydroxylation sites is 2. The summed E-state index contributed by atoms with van der Waals surface area (Å²) in [6.45, 7) is -0.485. The Hall–Kier alpha value is -3.24. The molecule has 0 saturated heterocycles. The zero-order valence-corrected chi connectivity index (χ0v) is 14.2. The van der Waals surface area contributed by atoms with E-state index in [9.17, 15) is 9.59 Å². The summed E-state index contributed by atoms with van der Waals surface area (Å²) in [5.41, 5.74) is 0.687. The van der Waals surface area contributed by atoms with Crippen LogP contribution in [0.1, 0.15) is 5.56 Å². The largest absolute Gasteiger partial charge is 0.485 e. The van der Waals surface area contributed by atoms with Crippen molar-refractivity contribution in [1.82, 2.24) is 0 Å². The van der Waals surface area contributed by atoms with Gasteiger partial charge in [-0.3, -0.25) is 4.79 Å². The molecule has 1 aliphatic heterocycles. The predicted octanol–water partition coefficient (Wildman–Crippen LogP) is 2.53. The van der Waals surface area contributed by atoms with Gasteiger partial charge in [0.1, 0.15) is 12.7 Å². The van der Waals surface area contributed by atoms with Crippen molar-refractivity contribution in [2.75, 3.05) is 18.5 Å². The number of carbonyl (C=O) groups is 2. The number of carbonyl (C=O) groups excluding carboxylic acids is 2. The molecule has 8 heteroatoms. The van der Waals surface area contributed by atoms with E-state index in [2.05, 4.69) is 5.32 Å². The molecule has 132 valence electrons. The number of amides is 1. The molecule has 2 aromatic carbocycles. The lowest BCUT2D eigenvalue weighted by atomic mass is 10.2. The minimum absolute atomic E-state index is 0.00267. The monoisotopic (exact) mass is 372 g/mol. The first-order valence-corrected chi connectivity index (χ1v) is 7.99. The molecule has 1 aliphatic rings. The van der Waals surface area contributed by atoms with Gasteiger partial charge in [0.2, 0.25) is 6.10 Å². The number of nitrogens with one attached hydrogen (secondary N) is 1. The van der Waals surface area contributed by atoms with Gasteiger partial charge < -0.3 is 19.5 Å². The Bertz CT molecular complexity index is 893. The highest BCUT2D eigenvalue weighted by Gasteiger charge is 2.29. The molecule has 1 N–H and O–H groups in total. The molecular formula is C18H13ClN2O5. The van der Waals surface area contributed by atoms with Gasteiger partial charge >= 0.3 is 5.97 Å². The van der Waals surface area contributed by atoms with Gasteiger partial charge in [-0.1, -0.05) is 23.7 Å². The Morgan fingerprint density at radius 3 is 2.77 bits per heavy atom. The van der Waals surface area contributed by atoms with E-state index in [-0.39, 0.29) is 11.6 Å². The Morgan fingerprint density at radius 1 is 1.27 bits per heavy atom. The van der Waals surface area contributed by atoms with Gasteiger partial charge in [0.05, 0.1) is 10.6 Å². The highest BCUT2D eigenvalue weighted by atomic mass is 35.5. The standard InChI is InChI=1S/C18H13ClN2O5/c19-13-7-12(6-5-11(13)8-20)21-17(22)10-25-18(23)16-9-24-14-3-1-2-4-15(14)26-16/h1-7,16H,9-10H2,(H,21,22)/t16-/m1/s1. The maximum absolute atomic E-state index is 12.0. The van der Waals surface area contributed by atoms with Gasteiger partial charge in [-0.2, -0.15) is 5.26 Å². The maximum Gasteiger partial charge on any atom is 0.351 e. The molecule has 3 rings (SSSR count). The van der Waals surface area contributed by atoms with Crippen molar-refractivity contribution >= 4 is 29.2 Å². The summed E-state index contributed by atoms with van der Waals surface area (Å²) in [5, 5.41) is 11.6. The van der Waals surface area contributed by atoms with Gasteiger partial charge in [0.15, 0.2) is 18.1 Å². The average Bonchev–Trinajstić information content (AvgIpc) is 2.66. The summed E-state index contributed by atoms with van der Waals surface area (Å²) in [6.07, 6.45) is -0.943. The van der Waals surface area contributed by atoms with Crippen LogP contribution in [0.4, 0.5) is 5.69 Å². The van der Waals surface area contributed by atoms with Crippen LogP contribution in [0.25, 0.3) is 0 Å². The SMILES string of the molecule is N#Cc1ccc(NC(=O)COC(=O)[C@H]2COc3ccccc3O2)cc1Cl. The number of nitrogens with zero attached hydrogens (tertiary/aromatic N) is 1. The van der Waals surface area contributed by atoms with Gasteiger partial charge in [0.25, 0.3) is 5.91 Å². The van der Waals surface area contributed by atoms with Crippen molar-refractivity contribution in [2.45, 2.75) is 6.10 Å². The Kier molecular flexibility index (Phi) is 5.25. The van der Waals surface area contributed by atoms with Gasteiger partial charge in [-0.15, -0.1) is 0 Å². The number of hydrogen-bond acceptors (Lipinski definition) is 6. The summed E-state index contributed by atoms with van der Waals surface area (Å²) >= 11 is 5.89. The molecule has 1 atom stereocenters. The van der Waals surface area contributed by atoms with Crippen molar-refractivity contribution in [3.05, 3.63) is 53.1 Å². The molecule has 0 aromatic heterocycles. The molecule has 0 radical (unpaired) electrons. The number of rotatable bonds is 4. The van der Waals surface area contributed by atoms with Crippen molar-refractivity contribution < 1.29 is 23.8 Å². The van der Waals surface area contributed by atoms with Gasteiger partial charge in [-0.25, -0.2) is 4.79 Å². The lowest BCUT2D eigenvalue weighted by Crippen LogP contribution is -2.39. The summed E-state index contributed by atoms with van der Waals surface area (Å²) < 4.78 is 15.9. The summed E-state index contributed by atoms with van der Waals surface area (Å²) in [4.78, 5) is 23.9. The summed E-state index contributed by atoms with van der Waals surface area (Å²) in [5.74, 6) is -0.256. The quantitative estimate of drug-likeness (QED) is 0.828. The molecular weight excluding hydrogens is 360 g/mol. The highest BCUT2D eigenvalue weighted by Crippen LogP contribution is 2.31. The molecule has 26 heavy (non-hydrogen) atoms. The lowest BCUT2D eigenvalue weighted by Gasteiger charge is -2.24. The van der Waals surface area contributed by atoms with Gasteiger partial charge in [-0.05, 0) is 30.3 Å². The fraction of sp³-hybridized carbons (Fsp3) is 0.167. The molecule has 1 heterocycles. The Labute approximate surface area is 154 Å². The minimum Gasteiger partial charge on any atom is -0.485 e. The zero-order chi connectivity index (χ0) is 18.5. The molecule has 0 unspecified atom stereocenters. The van der Waals surface area contributed by atoms with E-state index in [0.29, 0.717) is 22.7 Å². The Morgan fingerprint density at radius 2 is 2.04 bits per heavy atom. The van der Waals surface area contributed by atoms with E-state index in [1.165, 1.54) is 18.2 Å². The third kappa shape index (κ3) is 4.05. The lowest BCUT2D eigenvalue weighted by molar-refractivity contribution is -0.156. The highest BCUT2D eigenvalue weighted by molar-refractivity contribution is 6.32. The Balaban J connectivity index is 1.51. The fourth-order valence-corrected chi connectivity index (χ4v) is 2.47. The van der Waals surface area contributed by atoms with E-state index in [0.717, 1.165) is 0 Å². The topological polar surface area (TPSA) is 97.7 Å². The van der Waals surface area contributed by atoms with E-state index >= 15 is 0 Å². The number of halogens is 1. The number of fused-ring (bicyclic) bond motifs is 1. The van der Waals surface area contributed by atoms with E-state index in [1.807, 2.05) is 6.07 Å². The molecule has 0 saturated carbocycles. The second-order valence-electron chi connectivity index (χ2n) is 5.33. The number of hydrogen-bond donors (Lipinski definition) is 1. The number of esters is 1. The normalized spacial score (nSPS) is 14.8. The number of nitriles is 1. The smallest absolute Gasteiger partial charge is 0.351 e. The van der Waals surface area contributed by atoms with Crippen LogP contribution in [-0.2, 0) is 14.3 Å². The van der Waals surface area contributed by atoms with Crippen molar-refractivity contribution in [3.63, 3.8) is 0 Å². The predicted molar refractivity (Wildman–Crippen MR) is 92.1 cm³/mol. The second-order valence-corrected chi connectivity index (χ2v) is 5.73. The number of ether oxygens (including phenoxy) is 3. The molecule has 0 aliphatic carbocycles. The first-order chi connectivity index (χ1) is 12.6. The first kappa shape index (κ1) is 17.6. The van der Waals surface area contributed by atoms with Crippen LogP contribution in [0.15, 0.2) is 42.5 Å². The third-order valence-corrected chi connectivity index (χ3v) is 3.80. The minimum atomic E-state index is -0.943. The van der Waals surface area contributed by atoms with Crippen LogP contribution < -0.4 is 14.8 Å². The second kappa shape index (κ2) is 7.76. The number of anilines is 1. The maximum atomic E-state index is 12.0. The molecule has 0 spiro atoms. The summed E-state index contributed by atoms with van der Waals surface area (Å²) in [6, 6.07) is 13.3. The zero-order valence-electron chi connectivity index (χ0n) is 13.4.